The molecule has 2 aliphatic carbocycles. The predicted octanol–water partition coefficient (Wildman–Crippen LogP) is 10.0. The normalized spacial score (nSPS) is 26.7. The van der Waals surface area contributed by atoms with Gasteiger partial charge in [0, 0.05) is 19.6 Å². The van der Waals surface area contributed by atoms with Crippen LogP contribution in [0.3, 0.4) is 0 Å². The van der Waals surface area contributed by atoms with Crippen molar-refractivity contribution in [3.63, 3.8) is 0 Å². The van der Waals surface area contributed by atoms with E-state index in [0.29, 0.717) is 21.7 Å². The second-order valence-corrected chi connectivity index (χ2v) is 19.7. The lowest BCUT2D eigenvalue weighted by molar-refractivity contribution is -0.0112. The Morgan fingerprint density at radius 2 is 0.950 bits per heavy atom. The van der Waals surface area contributed by atoms with Crippen molar-refractivity contribution in [3.8, 4) is 0 Å². The van der Waals surface area contributed by atoms with Crippen molar-refractivity contribution in [1.82, 2.24) is 9.80 Å². The average molecular weight is 565 g/mol. The van der Waals surface area contributed by atoms with Gasteiger partial charge in [0.15, 0.2) is 0 Å². The van der Waals surface area contributed by atoms with E-state index in [2.05, 4.69) is 121 Å². The lowest BCUT2D eigenvalue weighted by atomic mass is 9.85. The fourth-order valence-corrected chi connectivity index (χ4v) is 6.22. The van der Waals surface area contributed by atoms with Gasteiger partial charge in [0.05, 0.1) is 12.2 Å². The molecule has 0 aromatic carbocycles. The van der Waals surface area contributed by atoms with Crippen LogP contribution in [0.2, 0.25) is 0 Å². The summed E-state index contributed by atoms with van der Waals surface area (Å²) in [5.41, 5.74) is 2.05. The third-order valence-corrected chi connectivity index (χ3v) is 8.00. The van der Waals surface area contributed by atoms with Gasteiger partial charge in [-0.3, -0.25) is 0 Å². The van der Waals surface area contributed by atoms with Crippen LogP contribution in [0.15, 0.2) is 0 Å². The van der Waals surface area contributed by atoms with E-state index in [1.807, 2.05) is 0 Å². The predicted molar refractivity (Wildman–Crippen MR) is 179 cm³/mol. The molecule has 0 N–H and O–H groups in total. The van der Waals surface area contributed by atoms with Gasteiger partial charge in [-0.05, 0) is 125 Å². The van der Waals surface area contributed by atoms with Crippen LogP contribution in [0.5, 0.6) is 0 Å². The van der Waals surface area contributed by atoms with Gasteiger partial charge < -0.3 is 14.5 Å². The van der Waals surface area contributed by atoms with Gasteiger partial charge in [-0.25, -0.2) is 0 Å². The molecule has 0 amide bonds. The Morgan fingerprint density at radius 3 is 1.35 bits per heavy atom. The lowest BCUT2D eigenvalue weighted by Crippen LogP contribution is -2.35. The fourth-order valence-electron chi connectivity index (χ4n) is 6.22. The number of ether oxygens (including phenoxy) is 1. The van der Waals surface area contributed by atoms with E-state index < -0.39 is 0 Å². The first-order valence-corrected chi connectivity index (χ1v) is 16.9. The highest BCUT2D eigenvalue weighted by molar-refractivity contribution is 4.91. The highest BCUT2D eigenvalue weighted by Crippen LogP contribution is 2.51. The molecule has 4 atom stereocenters. The first-order chi connectivity index (χ1) is 17.8. The van der Waals surface area contributed by atoms with E-state index in [1.165, 1.54) is 71.2 Å². The van der Waals surface area contributed by atoms with Gasteiger partial charge in [0.2, 0.25) is 0 Å². The number of rotatable bonds is 6. The molecule has 3 rings (SSSR count). The SMILES string of the molecule is CC(C)(C)CC1CC1CC(C)(C)C.CC(C)(C)CC1CC1COC(C)(C)C.CN1CCCN(CC(C)(C)C)CC1. The van der Waals surface area contributed by atoms with E-state index in [-0.39, 0.29) is 5.60 Å². The van der Waals surface area contributed by atoms with Crippen LogP contribution in [0.4, 0.5) is 0 Å². The Morgan fingerprint density at radius 1 is 0.525 bits per heavy atom. The summed E-state index contributed by atoms with van der Waals surface area (Å²) >= 11 is 0. The van der Waals surface area contributed by atoms with Crippen LogP contribution >= 0.6 is 0 Å². The third-order valence-electron chi connectivity index (χ3n) is 8.00. The Balaban J connectivity index is 0.000000300. The standard InChI is InChI=1S/C13H26O.C13H26.C11H24N2/c1-12(2,3)8-10-7-11(10)9-14-13(4,5)6;1-12(2,3)8-10-7-11(10)9-13(4,5)6;1-11(2,3)10-13-7-5-6-12(4)8-9-13/h10-11H,7-9H2,1-6H3;10-11H,7-9H2,1-6H3;5-10H2,1-4H3. The second kappa shape index (κ2) is 15.1. The van der Waals surface area contributed by atoms with Crippen molar-refractivity contribution in [2.75, 3.05) is 46.4 Å². The molecule has 3 aliphatic rings. The Kier molecular flexibility index (Phi) is 14.3. The summed E-state index contributed by atoms with van der Waals surface area (Å²) in [7, 11) is 2.22. The van der Waals surface area contributed by atoms with Crippen LogP contribution in [0, 0.1) is 45.3 Å². The summed E-state index contributed by atoms with van der Waals surface area (Å²) in [5.74, 6) is 3.85. The van der Waals surface area contributed by atoms with Gasteiger partial charge in [-0.15, -0.1) is 0 Å². The molecular formula is C37H76N2O. The maximum Gasteiger partial charge on any atom is 0.0598 e. The van der Waals surface area contributed by atoms with Crippen LogP contribution in [-0.4, -0.2) is 61.8 Å². The van der Waals surface area contributed by atoms with Crippen molar-refractivity contribution in [3.05, 3.63) is 0 Å². The van der Waals surface area contributed by atoms with E-state index in [9.17, 15) is 0 Å². The Hall–Kier alpha value is -0.120. The molecule has 1 heterocycles. The summed E-state index contributed by atoms with van der Waals surface area (Å²) in [4.78, 5) is 5.03. The van der Waals surface area contributed by atoms with Crippen molar-refractivity contribution in [1.29, 1.82) is 0 Å². The second-order valence-electron chi connectivity index (χ2n) is 19.7. The van der Waals surface area contributed by atoms with Crippen LogP contribution in [0.25, 0.3) is 0 Å². The quantitative estimate of drug-likeness (QED) is 0.319. The largest absolute Gasteiger partial charge is 0.376 e. The maximum absolute atomic E-state index is 5.80. The summed E-state index contributed by atoms with van der Waals surface area (Å²) in [6.07, 6.45) is 8.40. The molecule has 3 fully saturated rings. The monoisotopic (exact) mass is 565 g/mol. The lowest BCUT2D eigenvalue weighted by Gasteiger charge is -2.28. The van der Waals surface area contributed by atoms with Crippen LogP contribution in [0.1, 0.15) is 142 Å². The molecule has 0 aromatic rings. The number of hydrogen-bond acceptors (Lipinski definition) is 3. The molecule has 4 unspecified atom stereocenters. The summed E-state index contributed by atoms with van der Waals surface area (Å²) in [6.45, 7) is 41.7. The van der Waals surface area contributed by atoms with E-state index >= 15 is 0 Å². The van der Waals surface area contributed by atoms with Gasteiger partial charge in [-0.2, -0.15) is 0 Å². The van der Waals surface area contributed by atoms with Crippen molar-refractivity contribution in [2.45, 2.75) is 148 Å². The fraction of sp³-hybridized carbons (Fsp3) is 1.00. The summed E-state index contributed by atoms with van der Waals surface area (Å²) in [6, 6.07) is 0. The van der Waals surface area contributed by atoms with Gasteiger partial charge in [-0.1, -0.05) is 83.1 Å². The topological polar surface area (TPSA) is 15.7 Å². The first kappa shape index (κ1) is 37.9. The minimum atomic E-state index is 0.0366. The molecule has 2 saturated carbocycles. The molecule has 1 aliphatic heterocycles. The maximum atomic E-state index is 5.80. The van der Waals surface area contributed by atoms with Crippen molar-refractivity contribution >= 4 is 0 Å². The molecule has 0 spiro atoms. The molecule has 3 nitrogen and oxygen atoms in total. The number of hydrogen-bond donors (Lipinski definition) is 0. The third kappa shape index (κ3) is 21.6. The van der Waals surface area contributed by atoms with E-state index in [0.717, 1.165) is 30.3 Å². The van der Waals surface area contributed by atoms with E-state index in [4.69, 9.17) is 4.74 Å². The molecule has 0 aromatic heterocycles. The molecule has 0 bridgehead atoms. The Labute approximate surface area is 254 Å². The zero-order valence-electron chi connectivity index (χ0n) is 30.6. The summed E-state index contributed by atoms with van der Waals surface area (Å²) in [5, 5.41) is 0. The van der Waals surface area contributed by atoms with Gasteiger partial charge >= 0.3 is 0 Å². The smallest absolute Gasteiger partial charge is 0.0598 e. The van der Waals surface area contributed by atoms with Crippen molar-refractivity contribution < 1.29 is 4.74 Å². The molecule has 3 heteroatoms. The Bertz CT molecular complexity index is 674. The zero-order chi connectivity index (χ0) is 31.2. The zero-order valence-corrected chi connectivity index (χ0v) is 30.6. The molecule has 240 valence electrons. The first-order valence-electron chi connectivity index (χ1n) is 16.9. The highest BCUT2D eigenvalue weighted by Gasteiger charge is 2.41. The minimum Gasteiger partial charge on any atom is -0.376 e. The highest BCUT2D eigenvalue weighted by atomic mass is 16.5. The van der Waals surface area contributed by atoms with Crippen LogP contribution < -0.4 is 0 Å². The average Bonchev–Trinajstić information content (AvgIpc) is 3.59. The molecule has 0 radical (unpaired) electrons. The van der Waals surface area contributed by atoms with Crippen molar-refractivity contribution in [2.24, 2.45) is 45.3 Å². The number of nitrogens with zero attached hydrogens (tertiary/aromatic N) is 2. The molecular weight excluding hydrogens is 488 g/mol. The van der Waals surface area contributed by atoms with Gasteiger partial charge in [0.1, 0.15) is 0 Å². The minimum absolute atomic E-state index is 0.0366. The van der Waals surface area contributed by atoms with E-state index in [1.54, 1.807) is 0 Å². The van der Waals surface area contributed by atoms with Gasteiger partial charge in [0.25, 0.3) is 0 Å². The van der Waals surface area contributed by atoms with Crippen LogP contribution in [-0.2, 0) is 4.74 Å². The number of likely N-dealkylation sites (N-methyl/N-ethyl adjacent to an activating group) is 1. The molecule has 1 saturated heterocycles. The summed E-state index contributed by atoms with van der Waals surface area (Å²) < 4.78 is 5.80. The molecule has 40 heavy (non-hydrogen) atoms.